The molecule has 0 aliphatic carbocycles. The first-order chi connectivity index (χ1) is 11.7. The molecule has 0 spiro atoms. The molecule has 2 aromatic rings. The van der Waals surface area contributed by atoms with Gasteiger partial charge in [0, 0.05) is 29.7 Å². The molecule has 126 valence electrons. The van der Waals surface area contributed by atoms with Crippen LogP contribution >= 0.6 is 11.6 Å². The highest BCUT2D eigenvalue weighted by molar-refractivity contribution is 6.30. The quantitative estimate of drug-likeness (QED) is 0.877. The Bertz CT molecular complexity index is 692. The number of rotatable bonds is 5. The highest BCUT2D eigenvalue weighted by Gasteiger charge is 2.33. The largest absolute Gasteiger partial charge is 0.330 e. The Morgan fingerprint density at radius 1 is 1.17 bits per heavy atom. The fraction of sp³-hybridized carbons (Fsp3) is 0.316. The lowest BCUT2D eigenvalue weighted by atomic mass is 9.89. The first-order valence-corrected chi connectivity index (χ1v) is 8.56. The third-order valence-electron chi connectivity index (χ3n) is 4.52. The van der Waals surface area contributed by atoms with Crippen molar-refractivity contribution in [2.45, 2.75) is 5.92 Å². The van der Waals surface area contributed by atoms with Gasteiger partial charge in [-0.2, -0.15) is 0 Å². The molecule has 1 heterocycles. The maximum Gasteiger partial charge on any atom is 0.238 e. The average Bonchev–Trinajstić information content (AvgIpc) is 2.98. The number of halogens is 1. The molecule has 3 N–H and O–H groups in total. The summed E-state index contributed by atoms with van der Waals surface area (Å²) in [4.78, 5) is 14.5. The predicted octanol–water partition coefficient (Wildman–Crippen LogP) is 2.95. The Kier molecular flexibility index (Phi) is 5.51. The van der Waals surface area contributed by atoms with Crippen molar-refractivity contribution in [3.8, 4) is 0 Å². The Hall–Kier alpha value is -1.88. The van der Waals surface area contributed by atoms with Gasteiger partial charge in [-0.3, -0.25) is 9.69 Å². The van der Waals surface area contributed by atoms with Crippen LogP contribution in [0.1, 0.15) is 11.5 Å². The minimum Gasteiger partial charge on any atom is -0.330 e. The fourth-order valence-corrected chi connectivity index (χ4v) is 3.57. The van der Waals surface area contributed by atoms with Crippen LogP contribution in [0.4, 0.5) is 5.69 Å². The van der Waals surface area contributed by atoms with Crippen molar-refractivity contribution in [2.75, 3.05) is 31.5 Å². The lowest BCUT2D eigenvalue weighted by molar-refractivity contribution is -0.117. The monoisotopic (exact) mass is 343 g/mol. The number of nitrogens with two attached hydrogens (primary N) is 1. The molecule has 1 aliphatic heterocycles. The van der Waals surface area contributed by atoms with Crippen molar-refractivity contribution >= 4 is 23.2 Å². The van der Waals surface area contributed by atoms with Crippen molar-refractivity contribution in [3.63, 3.8) is 0 Å². The summed E-state index contributed by atoms with van der Waals surface area (Å²) in [6.45, 7) is 2.70. The fourth-order valence-electron chi connectivity index (χ4n) is 3.38. The van der Waals surface area contributed by atoms with E-state index in [1.807, 2.05) is 18.2 Å². The molecule has 24 heavy (non-hydrogen) atoms. The summed E-state index contributed by atoms with van der Waals surface area (Å²) in [7, 11) is 0. The normalized spacial score (nSPS) is 20.9. The Morgan fingerprint density at radius 2 is 1.96 bits per heavy atom. The van der Waals surface area contributed by atoms with E-state index in [1.165, 1.54) is 5.56 Å². The van der Waals surface area contributed by atoms with Crippen molar-refractivity contribution in [3.05, 3.63) is 65.2 Å². The van der Waals surface area contributed by atoms with E-state index in [9.17, 15) is 4.79 Å². The number of nitrogens with zero attached hydrogens (tertiary/aromatic N) is 1. The summed E-state index contributed by atoms with van der Waals surface area (Å²) >= 11 is 5.95. The van der Waals surface area contributed by atoms with Crippen molar-refractivity contribution in [2.24, 2.45) is 11.7 Å². The molecule has 1 aliphatic rings. The van der Waals surface area contributed by atoms with Gasteiger partial charge in [0.05, 0.1) is 6.54 Å². The van der Waals surface area contributed by atoms with E-state index >= 15 is 0 Å². The number of carbonyl (C=O) groups excluding carboxylic acids is 1. The minimum absolute atomic E-state index is 0.0262. The van der Waals surface area contributed by atoms with Crippen LogP contribution in [0.5, 0.6) is 0 Å². The summed E-state index contributed by atoms with van der Waals surface area (Å²) in [5.74, 6) is 0.739. The van der Waals surface area contributed by atoms with Gasteiger partial charge in [-0.25, -0.2) is 0 Å². The Labute approximate surface area is 147 Å². The lowest BCUT2D eigenvalue weighted by Crippen LogP contribution is -2.32. The maximum absolute atomic E-state index is 12.3. The van der Waals surface area contributed by atoms with Crippen LogP contribution in [-0.2, 0) is 4.79 Å². The van der Waals surface area contributed by atoms with E-state index in [0.29, 0.717) is 29.9 Å². The number of likely N-dealkylation sites (tertiary alicyclic amines) is 1. The van der Waals surface area contributed by atoms with Crippen LogP contribution in [0.2, 0.25) is 5.02 Å². The smallest absolute Gasteiger partial charge is 0.238 e. The summed E-state index contributed by atoms with van der Waals surface area (Å²) in [6.07, 6.45) is 0. The molecular weight excluding hydrogens is 322 g/mol. The van der Waals surface area contributed by atoms with Gasteiger partial charge in [0.1, 0.15) is 0 Å². The molecule has 5 heteroatoms. The van der Waals surface area contributed by atoms with Gasteiger partial charge in [-0.1, -0.05) is 48.0 Å². The van der Waals surface area contributed by atoms with Crippen LogP contribution in [0.25, 0.3) is 0 Å². The molecule has 0 unspecified atom stereocenters. The van der Waals surface area contributed by atoms with Gasteiger partial charge in [-0.15, -0.1) is 0 Å². The number of hydrogen-bond acceptors (Lipinski definition) is 3. The van der Waals surface area contributed by atoms with Gasteiger partial charge in [0.25, 0.3) is 0 Å². The molecule has 0 saturated carbocycles. The third kappa shape index (κ3) is 4.15. The maximum atomic E-state index is 12.3. The van der Waals surface area contributed by atoms with Crippen molar-refractivity contribution in [1.82, 2.24) is 4.90 Å². The van der Waals surface area contributed by atoms with Crippen molar-refractivity contribution in [1.29, 1.82) is 0 Å². The topological polar surface area (TPSA) is 58.4 Å². The van der Waals surface area contributed by atoms with E-state index in [0.717, 1.165) is 18.8 Å². The Morgan fingerprint density at radius 3 is 2.67 bits per heavy atom. The van der Waals surface area contributed by atoms with Gasteiger partial charge in [0.15, 0.2) is 0 Å². The van der Waals surface area contributed by atoms with Crippen LogP contribution in [0, 0.1) is 5.92 Å². The second-order valence-corrected chi connectivity index (χ2v) is 6.70. The molecule has 3 rings (SSSR count). The predicted molar refractivity (Wildman–Crippen MR) is 98.2 cm³/mol. The zero-order valence-corrected chi connectivity index (χ0v) is 14.2. The SMILES string of the molecule is NC[C@@H]1CN(CC(=O)Nc2cccc(Cl)c2)C[C@H]1c1ccccc1. The average molecular weight is 344 g/mol. The molecule has 1 saturated heterocycles. The zero-order chi connectivity index (χ0) is 16.9. The highest BCUT2D eigenvalue weighted by atomic mass is 35.5. The standard InChI is InChI=1S/C19H22ClN3O/c20-16-7-4-8-17(9-16)22-19(24)13-23-11-15(10-21)18(12-23)14-5-2-1-3-6-14/h1-9,15,18H,10-13,21H2,(H,22,24)/t15-,18+/m1/s1. The molecule has 1 amide bonds. The van der Waals surface area contributed by atoms with Crippen molar-refractivity contribution < 1.29 is 4.79 Å². The minimum atomic E-state index is -0.0262. The van der Waals surface area contributed by atoms with Crippen LogP contribution in [0.3, 0.4) is 0 Å². The van der Waals surface area contributed by atoms with Gasteiger partial charge in [0.2, 0.25) is 5.91 Å². The molecule has 2 aromatic carbocycles. The number of benzene rings is 2. The van der Waals surface area contributed by atoms with Crippen LogP contribution < -0.4 is 11.1 Å². The van der Waals surface area contributed by atoms with E-state index in [1.54, 1.807) is 12.1 Å². The second kappa shape index (κ2) is 7.79. The number of amides is 1. The van der Waals surface area contributed by atoms with Crippen LogP contribution in [0.15, 0.2) is 54.6 Å². The molecular formula is C19H22ClN3O. The summed E-state index contributed by atoms with van der Waals surface area (Å²) in [5, 5.41) is 3.51. The van der Waals surface area contributed by atoms with Crippen LogP contribution in [-0.4, -0.2) is 37.0 Å². The van der Waals surface area contributed by atoms with E-state index in [4.69, 9.17) is 17.3 Å². The van der Waals surface area contributed by atoms with E-state index in [2.05, 4.69) is 34.5 Å². The molecule has 1 fully saturated rings. The van der Waals surface area contributed by atoms with Gasteiger partial charge in [-0.05, 0) is 36.2 Å². The number of carbonyl (C=O) groups is 1. The summed E-state index contributed by atoms with van der Waals surface area (Å²) < 4.78 is 0. The molecule has 0 radical (unpaired) electrons. The summed E-state index contributed by atoms with van der Waals surface area (Å²) in [6, 6.07) is 17.6. The van der Waals surface area contributed by atoms with Gasteiger partial charge < -0.3 is 11.1 Å². The molecule has 2 atom stereocenters. The first-order valence-electron chi connectivity index (χ1n) is 8.18. The highest BCUT2D eigenvalue weighted by Crippen LogP contribution is 2.31. The summed E-state index contributed by atoms with van der Waals surface area (Å²) in [5.41, 5.74) is 7.97. The number of hydrogen-bond donors (Lipinski definition) is 2. The first kappa shape index (κ1) is 17.0. The van der Waals surface area contributed by atoms with E-state index < -0.39 is 0 Å². The second-order valence-electron chi connectivity index (χ2n) is 6.27. The van der Waals surface area contributed by atoms with E-state index in [-0.39, 0.29) is 5.91 Å². The third-order valence-corrected chi connectivity index (χ3v) is 4.76. The Balaban J connectivity index is 1.61. The lowest BCUT2D eigenvalue weighted by Gasteiger charge is -2.16. The molecule has 0 aromatic heterocycles. The molecule has 0 bridgehead atoms. The number of nitrogens with one attached hydrogen (secondary N) is 1. The molecule has 4 nitrogen and oxygen atoms in total. The zero-order valence-electron chi connectivity index (χ0n) is 13.5. The van der Waals surface area contributed by atoms with Gasteiger partial charge >= 0.3 is 0 Å². The number of anilines is 1.